The van der Waals surface area contributed by atoms with Crippen LogP contribution < -0.4 is 15.9 Å². The summed E-state index contributed by atoms with van der Waals surface area (Å²) in [5.41, 5.74) is 2.55. The Morgan fingerprint density at radius 3 is 1.31 bits per heavy atom. The molecule has 7 rings (SSSR count). The van der Waals surface area contributed by atoms with E-state index in [1.807, 2.05) is 23.5 Å². The van der Waals surface area contributed by atoms with E-state index in [4.69, 9.17) is 19.4 Å². The Morgan fingerprint density at radius 2 is 0.917 bits per heavy atom. The largest absolute Gasteiger partial charge is 0.102 e. The molecular weight excluding hydrogens is 772 g/mol. The molecule has 1 atom stereocenters. The molecule has 0 fully saturated rings. The van der Waals surface area contributed by atoms with Gasteiger partial charge in [0.25, 0.3) is 0 Å². The number of rotatable bonds is 8. The van der Waals surface area contributed by atoms with E-state index in [-0.39, 0.29) is 15.1 Å². The van der Waals surface area contributed by atoms with Gasteiger partial charge in [-0.3, -0.25) is 0 Å². The first-order valence-electron chi connectivity index (χ1n) is 15.5. The van der Waals surface area contributed by atoms with Gasteiger partial charge < -0.3 is 5.32 Å². The molecular formula is C41H39Cl2NP2RuS. The van der Waals surface area contributed by atoms with Gasteiger partial charge in [-0.1, -0.05) is 140 Å². The van der Waals surface area contributed by atoms with E-state index in [0.29, 0.717) is 0 Å². The number of thiophene rings is 1. The maximum absolute atomic E-state index is 4.85. The summed E-state index contributed by atoms with van der Waals surface area (Å²) in [7, 11) is 11.5. The molecule has 0 spiro atoms. The number of benzene rings is 6. The monoisotopic (exact) mass is 811 g/mol. The molecule has 7 aromatic rings. The van der Waals surface area contributed by atoms with Crippen LogP contribution in [0.3, 0.4) is 0 Å². The minimum absolute atomic E-state index is 0.346. The Morgan fingerprint density at radius 1 is 0.542 bits per heavy atom. The van der Waals surface area contributed by atoms with Crippen LogP contribution in [0.2, 0.25) is 0 Å². The van der Waals surface area contributed by atoms with Crippen molar-refractivity contribution in [3.63, 3.8) is 0 Å². The molecule has 48 heavy (non-hydrogen) atoms. The van der Waals surface area contributed by atoms with Gasteiger partial charge in [0.1, 0.15) is 15.9 Å². The van der Waals surface area contributed by atoms with Crippen molar-refractivity contribution in [3.05, 3.63) is 192 Å². The summed E-state index contributed by atoms with van der Waals surface area (Å²) in [5, 5.41) is 10.1. The quantitative estimate of drug-likeness (QED) is 0.0825. The molecule has 0 radical (unpaired) electrons. The molecule has 6 aromatic carbocycles. The summed E-state index contributed by atoms with van der Waals surface area (Å²) in [6.45, 7) is 1.81. The minimum atomic E-state index is -0.877. The second-order valence-electron chi connectivity index (χ2n) is 10.4. The third-order valence-corrected chi connectivity index (χ3v) is 11.2. The molecule has 1 unspecified atom stereocenters. The average Bonchev–Trinajstić information content (AvgIpc) is 3.58. The Hall–Kier alpha value is -2.70. The van der Waals surface area contributed by atoms with Crippen molar-refractivity contribution in [1.82, 2.24) is 0 Å². The van der Waals surface area contributed by atoms with Crippen molar-refractivity contribution in [1.29, 1.82) is 0 Å². The Labute approximate surface area is 309 Å². The van der Waals surface area contributed by atoms with Crippen molar-refractivity contribution < 1.29 is 15.1 Å². The summed E-state index contributed by atoms with van der Waals surface area (Å²) >= 11 is 1.50. The fourth-order valence-corrected chi connectivity index (χ4v) is 8.75. The average molecular weight is 812 g/mol. The van der Waals surface area contributed by atoms with Gasteiger partial charge in [0, 0.05) is 4.70 Å². The van der Waals surface area contributed by atoms with E-state index in [1.54, 1.807) is 0 Å². The standard InChI is InChI=1S/C18H15P.C12H10.C11H13NPS.2ClH.Ru/c1-4-10-16(11-5-1)19(17-12-6-2-7-13-17)18-14-8-3-9-15-18;1-3-7-11(8-4-1)12-9-5-2-6-10-12;13-6-5-12-8-10-7-9-3-1-2-4-11(9)14-10;;;/h1-15H;1-10H;1-4,7H,5-6,8,13H2;2*1H;/q;;-1;;;+2/p-1. The first-order valence-corrected chi connectivity index (χ1v) is 23.1. The van der Waals surface area contributed by atoms with Gasteiger partial charge in [-0.05, 0) is 69.9 Å². The van der Waals surface area contributed by atoms with Gasteiger partial charge in [0.05, 0.1) is 7.92 Å². The van der Waals surface area contributed by atoms with Gasteiger partial charge in [-0.2, -0.15) is 0 Å². The summed E-state index contributed by atoms with van der Waals surface area (Å²) in [5.74, 6) is 0. The zero-order valence-corrected chi connectivity index (χ0v) is 32.7. The van der Waals surface area contributed by atoms with Crippen molar-refractivity contribution >= 4 is 73.9 Å². The van der Waals surface area contributed by atoms with E-state index in [2.05, 4.69) is 184 Å². The van der Waals surface area contributed by atoms with Crippen LogP contribution in [0.1, 0.15) is 4.88 Å². The topological polar surface area (TPSA) is 14.1 Å². The molecule has 0 aliphatic heterocycles. The molecule has 246 valence electrons. The molecule has 0 aliphatic carbocycles. The van der Waals surface area contributed by atoms with Crippen LogP contribution in [-0.2, 0) is 21.7 Å². The molecule has 0 saturated carbocycles. The Balaban J connectivity index is 0.000000160. The minimum Gasteiger partial charge on any atom is -0.0622 e. The molecule has 1 heterocycles. The van der Waals surface area contributed by atoms with Gasteiger partial charge in [0.2, 0.25) is 0 Å². The summed E-state index contributed by atoms with van der Waals surface area (Å²) < 4.78 is 1.36. The van der Waals surface area contributed by atoms with Gasteiger partial charge in [-0.15, -0.1) is 33.7 Å². The molecule has 0 saturated heterocycles. The van der Waals surface area contributed by atoms with Crippen molar-refractivity contribution in [2.75, 3.05) is 12.7 Å². The smallest absolute Gasteiger partial charge is 0.0622 e. The number of hydrogen-bond donors (Lipinski definition) is 0. The normalized spacial score (nSPS) is 10.2. The van der Waals surface area contributed by atoms with Crippen LogP contribution in [0.5, 0.6) is 0 Å². The number of fused-ring (bicyclic) bond motifs is 1. The zero-order valence-electron chi connectivity index (χ0n) is 26.5. The number of hydrogen-bond acceptors (Lipinski definition) is 1. The van der Waals surface area contributed by atoms with Gasteiger partial charge >= 0.3 is 34.5 Å². The molecule has 1 aromatic heterocycles. The Kier molecular flexibility index (Phi) is 18.1. The van der Waals surface area contributed by atoms with Crippen LogP contribution in [0.4, 0.5) is 0 Å². The molecule has 0 amide bonds. The van der Waals surface area contributed by atoms with Crippen molar-refractivity contribution in [3.8, 4) is 11.1 Å². The summed E-state index contributed by atoms with van der Waals surface area (Å²) in [6.07, 6.45) is 1.06. The van der Waals surface area contributed by atoms with Crippen molar-refractivity contribution in [2.24, 2.45) is 0 Å². The zero-order chi connectivity index (χ0) is 33.7. The maximum Gasteiger partial charge on any atom is 0.102 e. The van der Waals surface area contributed by atoms with Crippen LogP contribution in [0, 0.1) is 0 Å². The second kappa shape index (κ2) is 22.8. The number of nitrogens with zero attached hydrogens (tertiary/aromatic N) is 1. The fourth-order valence-electron chi connectivity index (χ4n) is 4.97. The first kappa shape index (κ1) is 38.1. The number of halogens is 2. The van der Waals surface area contributed by atoms with E-state index >= 15 is 0 Å². The van der Waals surface area contributed by atoms with Crippen LogP contribution in [0.15, 0.2) is 182 Å². The third kappa shape index (κ3) is 13.0. The molecule has 0 bridgehead atoms. The molecule has 1 nitrogen and oxygen atoms in total. The molecule has 0 aliphatic rings. The maximum atomic E-state index is 4.85. The second-order valence-corrected chi connectivity index (χ2v) is 17.3. The van der Waals surface area contributed by atoms with Crippen LogP contribution >= 0.6 is 47.9 Å². The fraction of sp³-hybridized carbons (Fsp3) is 0.0732. The van der Waals surface area contributed by atoms with Crippen LogP contribution in [-0.4, -0.2) is 12.7 Å². The Bertz CT molecular complexity index is 1660. The molecule has 7 heteroatoms. The summed E-state index contributed by atoms with van der Waals surface area (Å²) in [4.78, 5) is 1.37. The first-order chi connectivity index (χ1) is 23.7. The predicted molar refractivity (Wildman–Crippen MR) is 218 cm³/mol. The molecule has 0 N–H and O–H groups in total. The van der Waals surface area contributed by atoms with Gasteiger partial charge in [0.15, 0.2) is 0 Å². The third-order valence-electron chi connectivity index (χ3n) is 7.10. The van der Waals surface area contributed by atoms with Crippen molar-refractivity contribution in [2.45, 2.75) is 6.54 Å². The van der Waals surface area contributed by atoms with Crippen LogP contribution in [0.25, 0.3) is 26.5 Å². The van der Waals surface area contributed by atoms with Gasteiger partial charge in [-0.25, -0.2) is 0 Å². The summed E-state index contributed by atoms with van der Waals surface area (Å²) in [6, 6.07) is 64.0. The van der Waals surface area contributed by atoms with E-state index < -0.39 is 7.92 Å². The van der Waals surface area contributed by atoms with E-state index in [1.165, 1.54) is 42.0 Å². The van der Waals surface area contributed by atoms with E-state index in [9.17, 15) is 0 Å². The SMILES string of the molecule is PCC[N-]Cc1cc2ccccc2s1.[Cl][Ru][Cl].c1ccc(-c2ccccc2)cc1.c1ccc([PH+](c2ccccc2)c2ccccc2)cc1. The van der Waals surface area contributed by atoms with E-state index in [0.717, 1.165) is 19.3 Å². The predicted octanol–water partition coefficient (Wildman–Crippen LogP) is 11.6.